The van der Waals surface area contributed by atoms with Crippen molar-refractivity contribution < 1.29 is 24.5 Å². The molecule has 4 aliphatic rings. The number of fused-ring (bicyclic) bond motifs is 5. The number of carbonyl (C=O) groups is 2. The van der Waals surface area contributed by atoms with Gasteiger partial charge in [0.15, 0.2) is 5.78 Å². The average molecular weight is 419 g/mol. The van der Waals surface area contributed by atoms with Crippen LogP contribution < -0.4 is 0 Å². The number of aliphatic hydroxyl groups is 1. The fraction of sp³-hybridized carbons (Fsp3) is 0.760. The van der Waals surface area contributed by atoms with E-state index in [0.29, 0.717) is 24.2 Å². The van der Waals surface area contributed by atoms with Crippen molar-refractivity contribution in [3.63, 3.8) is 0 Å². The fourth-order valence-electron chi connectivity index (χ4n) is 7.49. The maximum atomic E-state index is 12.3. The molecular weight excluding hydrogens is 380 g/mol. The van der Waals surface area contributed by atoms with Crippen LogP contribution in [0, 0.1) is 28.6 Å². The summed E-state index contributed by atoms with van der Waals surface area (Å²) in [4.78, 5) is 21.3. The van der Waals surface area contributed by atoms with E-state index in [4.69, 9.17) is 14.6 Å². The molecular formula is C25H38O5. The van der Waals surface area contributed by atoms with Gasteiger partial charge < -0.3 is 14.9 Å². The van der Waals surface area contributed by atoms with Gasteiger partial charge in [-0.3, -0.25) is 9.59 Å². The van der Waals surface area contributed by atoms with Gasteiger partial charge in [0.05, 0.1) is 12.9 Å². The van der Waals surface area contributed by atoms with Crippen molar-refractivity contribution in [1.29, 1.82) is 0 Å². The minimum absolute atomic E-state index is 0.0266. The minimum Gasteiger partial charge on any atom is -0.501 e. The Bertz CT molecular complexity index is 791. The molecule has 0 heterocycles. The Labute approximate surface area is 180 Å². The van der Waals surface area contributed by atoms with Crippen molar-refractivity contribution in [3.05, 3.63) is 23.0 Å². The van der Waals surface area contributed by atoms with Crippen LogP contribution in [-0.4, -0.2) is 34.7 Å². The Balaban J connectivity index is 0.000000589. The van der Waals surface area contributed by atoms with E-state index in [1.807, 2.05) is 0 Å². The quantitative estimate of drug-likeness (QED) is 0.667. The molecule has 4 aliphatic carbocycles. The normalized spacial score (nSPS) is 42.1. The van der Waals surface area contributed by atoms with Gasteiger partial charge in [0.1, 0.15) is 5.60 Å². The van der Waals surface area contributed by atoms with Crippen molar-refractivity contribution in [3.8, 4) is 0 Å². The van der Waals surface area contributed by atoms with Crippen LogP contribution in [0.5, 0.6) is 0 Å². The van der Waals surface area contributed by atoms with Gasteiger partial charge in [0, 0.05) is 18.8 Å². The van der Waals surface area contributed by atoms with E-state index >= 15 is 0 Å². The van der Waals surface area contributed by atoms with Crippen molar-refractivity contribution in [2.45, 2.75) is 85.2 Å². The first-order chi connectivity index (χ1) is 13.9. The second kappa shape index (κ2) is 7.81. The number of hydrogen-bond acceptors (Lipinski definition) is 4. The molecule has 0 aromatic heterocycles. The lowest BCUT2D eigenvalue weighted by molar-refractivity contribution is -0.158. The highest BCUT2D eigenvalue weighted by Crippen LogP contribution is 2.67. The molecule has 0 spiro atoms. The maximum absolute atomic E-state index is 12.3. The highest BCUT2D eigenvalue weighted by atomic mass is 16.5. The Hall–Kier alpha value is -1.62. The van der Waals surface area contributed by atoms with Gasteiger partial charge in [-0.05, 0) is 87.2 Å². The number of carbonyl (C=O) groups excluding carboxylic acids is 1. The Morgan fingerprint density at radius 1 is 1.10 bits per heavy atom. The molecule has 168 valence electrons. The number of allylic oxidation sites excluding steroid dienone is 4. The molecule has 2 fully saturated rings. The molecule has 2 N–H and O–H groups in total. The topological polar surface area (TPSA) is 83.8 Å². The first kappa shape index (κ1) is 23.1. The Morgan fingerprint density at radius 3 is 2.27 bits per heavy atom. The SMILES string of the molecule is CC(=O)O.COC1=CC2=C(C)C[C@@H]3[C@H](CC[C@@]4(C)[C@H]3CC[C@]4(O)C(C)=O)[C@@]2(C)CC1. The summed E-state index contributed by atoms with van der Waals surface area (Å²) in [5.41, 5.74) is 1.84. The molecule has 0 bridgehead atoms. The van der Waals surface area contributed by atoms with Crippen LogP contribution in [0.15, 0.2) is 23.0 Å². The molecule has 4 rings (SSSR count). The standard InChI is InChI=1S/C23H34O3.C2H4O2/c1-14-12-17-18(21(3)9-6-16(26-5)13-20(14)21)7-10-22(4)19(17)8-11-23(22,25)15(2)24;1-2(3)4/h13,17-19,25H,6-12H2,1-5H3;1H3,(H,3,4)/t17-,18+,19+,21-,22+,23+;/m1./s1. The third kappa shape index (κ3) is 3.34. The lowest BCUT2D eigenvalue weighted by atomic mass is 9.46. The van der Waals surface area contributed by atoms with Gasteiger partial charge in [-0.1, -0.05) is 19.4 Å². The zero-order valence-corrected chi connectivity index (χ0v) is 19.4. The van der Waals surface area contributed by atoms with Crippen molar-refractivity contribution >= 4 is 11.8 Å². The second-order valence-electron chi connectivity index (χ2n) is 10.4. The summed E-state index contributed by atoms with van der Waals surface area (Å²) in [6.07, 6.45) is 9.32. The van der Waals surface area contributed by atoms with Gasteiger partial charge in [0.2, 0.25) is 0 Å². The molecule has 0 saturated heterocycles. The molecule has 5 heteroatoms. The molecule has 0 amide bonds. The largest absolute Gasteiger partial charge is 0.501 e. The number of methoxy groups -OCH3 is 1. The second-order valence-corrected chi connectivity index (χ2v) is 10.4. The van der Waals surface area contributed by atoms with Crippen LogP contribution in [-0.2, 0) is 14.3 Å². The van der Waals surface area contributed by atoms with Crippen LogP contribution in [0.25, 0.3) is 0 Å². The summed E-state index contributed by atoms with van der Waals surface area (Å²) < 4.78 is 5.56. The first-order valence-corrected chi connectivity index (χ1v) is 11.3. The highest BCUT2D eigenvalue weighted by Gasteiger charge is 2.65. The highest BCUT2D eigenvalue weighted by molar-refractivity contribution is 5.86. The molecule has 0 aromatic rings. The van der Waals surface area contributed by atoms with E-state index in [2.05, 4.69) is 26.8 Å². The summed E-state index contributed by atoms with van der Waals surface area (Å²) in [5.74, 6) is 1.96. The molecule has 5 nitrogen and oxygen atoms in total. The number of aliphatic carboxylic acids is 1. The van der Waals surface area contributed by atoms with Gasteiger partial charge in [-0.2, -0.15) is 0 Å². The number of hydrogen-bond donors (Lipinski definition) is 2. The first-order valence-electron chi connectivity index (χ1n) is 11.3. The van der Waals surface area contributed by atoms with Crippen molar-refractivity contribution in [2.75, 3.05) is 7.11 Å². The van der Waals surface area contributed by atoms with E-state index in [1.54, 1.807) is 14.0 Å². The molecule has 0 aliphatic heterocycles. The molecule has 6 atom stereocenters. The molecule has 0 radical (unpaired) electrons. The number of carboxylic acids is 1. The van der Waals surface area contributed by atoms with E-state index in [1.165, 1.54) is 11.1 Å². The van der Waals surface area contributed by atoms with Crippen LogP contribution >= 0.6 is 0 Å². The van der Waals surface area contributed by atoms with E-state index < -0.39 is 11.6 Å². The minimum atomic E-state index is -1.11. The number of ether oxygens (including phenoxy) is 1. The number of ketones is 1. The van der Waals surface area contributed by atoms with Crippen molar-refractivity contribution in [1.82, 2.24) is 0 Å². The lowest BCUT2D eigenvalue weighted by Gasteiger charge is -2.58. The van der Waals surface area contributed by atoms with Crippen LogP contribution in [0.2, 0.25) is 0 Å². The Kier molecular flexibility index (Phi) is 6.00. The van der Waals surface area contributed by atoms with Gasteiger partial charge in [-0.25, -0.2) is 0 Å². The molecule has 30 heavy (non-hydrogen) atoms. The molecule has 0 aromatic carbocycles. The van der Waals surface area contributed by atoms with Gasteiger partial charge in [0.25, 0.3) is 5.97 Å². The lowest BCUT2D eigenvalue weighted by Crippen LogP contribution is -2.56. The summed E-state index contributed by atoms with van der Waals surface area (Å²) in [6.45, 7) is 9.61. The maximum Gasteiger partial charge on any atom is 0.300 e. The fourth-order valence-corrected chi connectivity index (χ4v) is 7.49. The third-order valence-electron chi connectivity index (χ3n) is 9.06. The third-order valence-corrected chi connectivity index (χ3v) is 9.06. The summed E-state index contributed by atoms with van der Waals surface area (Å²) >= 11 is 0. The van der Waals surface area contributed by atoms with Crippen molar-refractivity contribution in [2.24, 2.45) is 28.6 Å². The smallest absolute Gasteiger partial charge is 0.300 e. The van der Waals surface area contributed by atoms with Crippen LogP contribution in [0.3, 0.4) is 0 Å². The molecule has 0 unspecified atom stereocenters. The summed E-state index contributed by atoms with van der Waals surface area (Å²) in [6, 6.07) is 0. The van der Waals surface area contributed by atoms with Crippen LogP contribution in [0.4, 0.5) is 0 Å². The average Bonchev–Trinajstić information content (AvgIpc) is 2.94. The zero-order valence-electron chi connectivity index (χ0n) is 19.4. The number of carboxylic acid groups (broad SMARTS) is 1. The number of rotatable bonds is 2. The van der Waals surface area contributed by atoms with Gasteiger partial charge >= 0.3 is 0 Å². The van der Waals surface area contributed by atoms with Gasteiger partial charge in [-0.15, -0.1) is 0 Å². The molecule has 2 saturated carbocycles. The summed E-state index contributed by atoms with van der Waals surface area (Å²) in [5, 5.41) is 18.7. The van der Waals surface area contributed by atoms with E-state index in [0.717, 1.165) is 51.2 Å². The zero-order chi connectivity index (χ0) is 22.5. The van der Waals surface area contributed by atoms with E-state index in [-0.39, 0.29) is 16.6 Å². The monoisotopic (exact) mass is 418 g/mol. The predicted molar refractivity (Wildman–Crippen MR) is 116 cm³/mol. The van der Waals surface area contributed by atoms with Crippen LogP contribution in [0.1, 0.15) is 79.6 Å². The number of Topliss-reactive ketones (excluding diaryl/α,β-unsaturated/α-hetero) is 1. The van der Waals surface area contributed by atoms with E-state index in [9.17, 15) is 9.90 Å². The Morgan fingerprint density at radius 2 is 1.70 bits per heavy atom. The predicted octanol–water partition coefficient (Wildman–Crippen LogP) is 4.89. The summed E-state index contributed by atoms with van der Waals surface area (Å²) in [7, 11) is 1.78.